The lowest BCUT2D eigenvalue weighted by Crippen LogP contribution is -2.51. The molecule has 2 amide bonds. The molecule has 0 spiro atoms. The first-order valence-corrected chi connectivity index (χ1v) is 9.83. The van der Waals surface area contributed by atoms with Crippen LogP contribution in [0.1, 0.15) is 59.8 Å². The Hall–Kier alpha value is -1.06. The Morgan fingerprint density at radius 1 is 0.875 bits per heavy atom. The second-order valence-electron chi connectivity index (χ2n) is 10.4. The molecule has 4 heteroatoms. The van der Waals surface area contributed by atoms with Crippen molar-refractivity contribution in [2.24, 2.45) is 29.1 Å². The van der Waals surface area contributed by atoms with Crippen LogP contribution in [0.5, 0.6) is 0 Å². The molecule has 132 valence electrons. The van der Waals surface area contributed by atoms with Crippen molar-refractivity contribution < 1.29 is 9.59 Å². The SMILES string of the molecule is CC(C)[C@]1(C(=O)N2CC3CC2(C)C3)C[C@H]1C(=O)N1CC2CC1(C)C2. The molecule has 0 aromatic heterocycles. The van der Waals surface area contributed by atoms with Crippen LogP contribution in [0.3, 0.4) is 0 Å². The summed E-state index contributed by atoms with van der Waals surface area (Å²) in [6.45, 7) is 10.6. The molecule has 4 bridgehead atoms. The quantitative estimate of drug-likeness (QED) is 0.798. The Kier molecular flexibility index (Phi) is 2.65. The van der Waals surface area contributed by atoms with Gasteiger partial charge in [0.1, 0.15) is 0 Å². The van der Waals surface area contributed by atoms with E-state index in [1.165, 1.54) is 12.8 Å². The first-order chi connectivity index (χ1) is 11.2. The van der Waals surface area contributed by atoms with Crippen LogP contribution in [0.4, 0.5) is 0 Å². The third-order valence-corrected chi connectivity index (χ3v) is 8.34. The standard InChI is InChI=1S/C20H30N2O2/c1-12(2)20(17(24)22-11-14-7-19(22,4)8-14)9-15(20)16(23)21-10-13-5-18(21,3)6-13/h12-15H,5-11H2,1-4H3/t13?,14?,15-,18?,19?,20+/m0/s1. The third-order valence-electron chi connectivity index (χ3n) is 8.34. The number of fused-ring (bicyclic) bond motifs is 2. The topological polar surface area (TPSA) is 40.6 Å². The minimum Gasteiger partial charge on any atom is -0.337 e. The van der Waals surface area contributed by atoms with Crippen molar-refractivity contribution in [3.8, 4) is 0 Å². The molecule has 0 aromatic carbocycles. The summed E-state index contributed by atoms with van der Waals surface area (Å²) in [5, 5.41) is 0. The van der Waals surface area contributed by atoms with E-state index in [9.17, 15) is 9.59 Å². The molecule has 4 nitrogen and oxygen atoms in total. The van der Waals surface area contributed by atoms with E-state index in [-0.39, 0.29) is 34.7 Å². The number of carbonyl (C=O) groups excluding carboxylic acids is 2. The van der Waals surface area contributed by atoms with Crippen molar-refractivity contribution in [3.63, 3.8) is 0 Å². The van der Waals surface area contributed by atoms with Gasteiger partial charge in [0.05, 0.1) is 11.3 Å². The largest absolute Gasteiger partial charge is 0.337 e. The van der Waals surface area contributed by atoms with Gasteiger partial charge in [0.2, 0.25) is 11.8 Å². The van der Waals surface area contributed by atoms with E-state index in [4.69, 9.17) is 0 Å². The normalized spacial score (nSPS) is 50.8. The summed E-state index contributed by atoms with van der Waals surface area (Å²) in [5.74, 6) is 2.16. The van der Waals surface area contributed by atoms with E-state index < -0.39 is 5.41 Å². The zero-order valence-electron chi connectivity index (χ0n) is 15.5. The number of hydrogen-bond donors (Lipinski definition) is 0. The van der Waals surface area contributed by atoms with Crippen LogP contribution in [-0.2, 0) is 9.59 Å². The number of carbonyl (C=O) groups is 2. The van der Waals surface area contributed by atoms with Gasteiger partial charge in [-0.3, -0.25) is 9.59 Å². The van der Waals surface area contributed by atoms with Gasteiger partial charge in [-0.15, -0.1) is 0 Å². The van der Waals surface area contributed by atoms with Crippen molar-refractivity contribution in [2.45, 2.75) is 70.9 Å². The molecule has 3 saturated carbocycles. The van der Waals surface area contributed by atoms with Crippen LogP contribution in [-0.4, -0.2) is 45.8 Å². The minimum absolute atomic E-state index is 0.0671. The second kappa shape index (κ2) is 4.19. The first-order valence-electron chi connectivity index (χ1n) is 9.83. The predicted octanol–water partition coefficient (Wildman–Crippen LogP) is 2.67. The van der Waals surface area contributed by atoms with Crippen LogP contribution in [0.25, 0.3) is 0 Å². The molecule has 7 fully saturated rings. The highest BCUT2D eigenvalue weighted by molar-refractivity contribution is 5.97. The monoisotopic (exact) mass is 330 g/mol. The summed E-state index contributed by atoms with van der Waals surface area (Å²) in [6, 6.07) is 0. The Morgan fingerprint density at radius 3 is 1.79 bits per heavy atom. The lowest BCUT2D eigenvalue weighted by Gasteiger charge is -2.41. The van der Waals surface area contributed by atoms with Crippen LogP contribution >= 0.6 is 0 Å². The maximum Gasteiger partial charge on any atom is 0.230 e. The van der Waals surface area contributed by atoms with Crippen LogP contribution in [0.2, 0.25) is 0 Å². The van der Waals surface area contributed by atoms with Crippen LogP contribution < -0.4 is 0 Å². The number of hydrogen-bond acceptors (Lipinski definition) is 2. The minimum atomic E-state index is -0.416. The molecule has 7 aliphatic rings. The molecule has 4 saturated heterocycles. The molecule has 2 atom stereocenters. The number of rotatable bonds is 3. The second-order valence-corrected chi connectivity index (χ2v) is 10.4. The van der Waals surface area contributed by atoms with Gasteiger partial charge in [0, 0.05) is 24.2 Å². The number of nitrogens with zero attached hydrogens (tertiary/aromatic N) is 2. The Labute approximate surface area is 144 Å². The summed E-state index contributed by atoms with van der Waals surface area (Å²) in [5.41, 5.74) is -0.237. The maximum atomic E-state index is 13.5. The van der Waals surface area contributed by atoms with E-state index in [1.54, 1.807) is 0 Å². The summed E-state index contributed by atoms with van der Waals surface area (Å²) in [4.78, 5) is 31.0. The maximum absolute atomic E-state index is 13.5. The van der Waals surface area contributed by atoms with Crippen molar-refractivity contribution in [3.05, 3.63) is 0 Å². The molecule has 3 aliphatic carbocycles. The van der Waals surface area contributed by atoms with Crippen molar-refractivity contribution in [1.29, 1.82) is 0 Å². The summed E-state index contributed by atoms with van der Waals surface area (Å²) >= 11 is 0. The van der Waals surface area contributed by atoms with Gasteiger partial charge < -0.3 is 9.80 Å². The van der Waals surface area contributed by atoms with Gasteiger partial charge >= 0.3 is 0 Å². The Morgan fingerprint density at radius 2 is 1.38 bits per heavy atom. The summed E-state index contributed by atoms with van der Waals surface area (Å²) in [6.07, 6.45) is 5.44. The summed E-state index contributed by atoms with van der Waals surface area (Å²) in [7, 11) is 0. The average molecular weight is 330 g/mol. The Balaban J connectivity index is 1.39. The molecule has 4 aliphatic heterocycles. The van der Waals surface area contributed by atoms with Crippen molar-refractivity contribution >= 4 is 11.8 Å². The predicted molar refractivity (Wildman–Crippen MR) is 91.1 cm³/mol. The lowest BCUT2D eigenvalue weighted by molar-refractivity contribution is -0.147. The van der Waals surface area contributed by atoms with Crippen LogP contribution in [0.15, 0.2) is 0 Å². The van der Waals surface area contributed by atoms with Gasteiger partial charge in [-0.05, 0) is 63.7 Å². The van der Waals surface area contributed by atoms with Gasteiger partial charge in [-0.1, -0.05) is 13.8 Å². The first kappa shape index (κ1) is 15.2. The molecular formula is C20H30N2O2. The fraction of sp³-hybridized carbons (Fsp3) is 0.900. The van der Waals surface area contributed by atoms with E-state index in [2.05, 4.69) is 37.5 Å². The zero-order valence-corrected chi connectivity index (χ0v) is 15.5. The van der Waals surface area contributed by atoms with E-state index >= 15 is 0 Å². The Bertz CT molecular complexity index is 630. The fourth-order valence-corrected chi connectivity index (χ4v) is 6.86. The molecular weight excluding hydrogens is 300 g/mol. The molecule has 7 rings (SSSR count). The highest BCUT2D eigenvalue weighted by atomic mass is 16.2. The smallest absolute Gasteiger partial charge is 0.230 e. The molecule has 0 aromatic rings. The van der Waals surface area contributed by atoms with Gasteiger partial charge in [-0.25, -0.2) is 0 Å². The van der Waals surface area contributed by atoms with Crippen molar-refractivity contribution in [2.75, 3.05) is 13.1 Å². The average Bonchev–Trinajstić information content (AvgIpc) is 2.64. The van der Waals surface area contributed by atoms with Crippen LogP contribution in [0, 0.1) is 29.1 Å². The fourth-order valence-electron chi connectivity index (χ4n) is 6.86. The molecule has 4 heterocycles. The third kappa shape index (κ3) is 1.61. The zero-order chi connectivity index (χ0) is 17.1. The lowest BCUT2D eigenvalue weighted by atomic mass is 9.74. The van der Waals surface area contributed by atoms with Gasteiger partial charge in [-0.2, -0.15) is 0 Å². The van der Waals surface area contributed by atoms with Crippen molar-refractivity contribution in [1.82, 2.24) is 9.80 Å². The molecule has 24 heavy (non-hydrogen) atoms. The number of amides is 2. The molecule has 0 unspecified atom stereocenters. The van der Waals surface area contributed by atoms with Gasteiger partial charge in [0.25, 0.3) is 0 Å². The van der Waals surface area contributed by atoms with E-state index in [0.717, 1.165) is 32.4 Å². The molecule has 0 radical (unpaired) electrons. The van der Waals surface area contributed by atoms with Gasteiger partial charge in [0.15, 0.2) is 0 Å². The summed E-state index contributed by atoms with van der Waals surface area (Å²) < 4.78 is 0. The van der Waals surface area contributed by atoms with E-state index in [0.29, 0.717) is 11.8 Å². The van der Waals surface area contributed by atoms with E-state index in [1.807, 2.05) is 0 Å². The highest BCUT2D eigenvalue weighted by Crippen LogP contribution is 2.64. The highest BCUT2D eigenvalue weighted by Gasteiger charge is 2.71. The molecule has 0 N–H and O–H groups in total.